The van der Waals surface area contributed by atoms with Crippen molar-refractivity contribution in [1.29, 1.82) is 0 Å². The van der Waals surface area contributed by atoms with Crippen LogP contribution in [0.1, 0.15) is 17.9 Å². The first kappa shape index (κ1) is 14.7. The van der Waals surface area contributed by atoms with Gasteiger partial charge in [-0.3, -0.25) is 0 Å². The van der Waals surface area contributed by atoms with E-state index in [9.17, 15) is 26.3 Å². The van der Waals surface area contributed by atoms with Gasteiger partial charge in [-0.25, -0.2) is 0 Å². The molecule has 0 N–H and O–H groups in total. The molecule has 1 unspecified atom stereocenters. The van der Waals surface area contributed by atoms with Crippen LogP contribution < -0.4 is 0 Å². The molecule has 0 fully saturated rings. The number of benzene rings is 2. The Morgan fingerprint density at radius 3 is 1.95 bits per heavy atom. The van der Waals surface area contributed by atoms with Gasteiger partial charge in [-0.05, 0) is 16.3 Å². The Morgan fingerprint density at radius 1 is 0.800 bits per heavy atom. The fraction of sp³-hybridized carbons (Fsp3) is 0.286. The van der Waals surface area contributed by atoms with Gasteiger partial charge in [-0.2, -0.15) is 26.3 Å². The van der Waals surface area contributed by atoms with Gasteiger partial charge in [0.1, 0.15) is 0 Å². The van der Waals surface area contributed by atoms with Gasteiger partial charge in [-0.1, -0.05) is 42.5 Å². The van der Waals surface area contributed by atoms with Gasteiger partial charge in [0.2, 0.25) is 0 Å². The second-order valence-corrected chi connectivity index (χ2v) is 4.52. The van der Waals surface area contributed by atoms with Gasteiger partial charge >= 0.3 is 12.4 Å². The van der Waals surface area contributed by atoms with Gasteiger partial charge in [0, 0.05) is 0 Å². The first-order valence-corrected chi connectivity index (χ1v) is 5.79. The summed E-state index contributed by atoms with van der Waals surface area (Å²) in [4.78, 5) is 0. The predicted octanol–water partition coefficient (Wildman–Crippen LogP) is 5.44. The van der Waals surface area contributed by atoms with E-state index in [1.165, 1.54) is 12.1 Å². The molecule has 0 amide bonds. The Labute approximate surface area is 111 Å². The van der Waals surface area contributed by atoms with Crippen LogP contribution >= 0.6 is 0 Å². The van der Waals surface area contributed by atoms with Gasteiger partial charge in [0.25, 0.3) is 0 Å². The van der Waals surface area contributed by atoms with Crippen LogP contribution in [0.2, 0.25) is 0 Å². The molecule has 6 heteroatoms. The second-order valence-electron chi connectivity index (χ2n) is 4.52. The molecule has 0 radical (unpaired) electrons. The lowest BCUT2D eigenvalue weighted by Crippen LogP contribution is -2.26. The molecule has 108 valence electrons. The van der Waals surface area contributed by atoms with E-state index in [2.05, 4.69) is 0 Å². The average molecular weight is 292 g/mol. The molecule has 0 aliphatic rings. The average Bonchev–Trinajstić information content (AvgIpc) is 2.33. The van der Waals surface area contributed by atoms with Crippen LogP contribution in [-0.2, 0) is 0 Å². The zero-order chi connectivity index (χ0) is 15.0. The molecule has 0 nitrogen and oxygen atoms in total. The lowest BCUT2D eigenvalue weighted by Gasteiger charge is -2.22. The third-order valence-corrected chi connectivity index (χ3v) is 3.01. The van der Waals surface area contributed by atoms with E-state index >= 15 is 0 Å². The number of fused-ring (bicyclic) bond motifs is 1. The first-order valence-electron chi connectivity index (χ1n) is 5.79. The molecule has 0 spiro atoms. The summed E-state index contributed by atoms with van der Waals surface area (Å²) in [6.07, 6.45) is -11.7. The SMILES string of the molecule is FC(F)(F)CC(c1ccc2ccccc2c1)C(F)(F)F. The molecule has 2 aromatic rings. The van der Waals surface area contributed by atoms with Crippen molar-refractivity contribution >= 4 is 10.8 Å². The largest absolute Gasteiger partial charge is 0.396 e. The standard InChI is InChI=1S/C14H10F6/c15-13(16,17)8-12(14(18,19)20)11-6-5-9-3-1-2-4-10(9)7-11/h1-7,12H,8H2. The topological polar surface area (TPSA) is 0 Å². The normalized spacial score (nSPS) is 14.5. The minimum absolute atomic E-state index is 0.367. The van der Waals surface area contributed by atoms with Gasteiger partial charge < -0.3 is 0 Å². The van der Waals surface area contributed by atoms with E-state index in [-0.39, 0.29) is 5.56 Å². The maximum atomic E-state index is 12.8. The maximum absolute atomic E-state index is 12.8. The zero-order valence-electron chi connectivity index (χ0n) is 10.1. The molecule has 0 bridgehead atoms. The molecule has 0 heterocycles. The van der Waals surface area contributed by atoms with Crippen LogP contribution in [0.3, 0.4) is 0 Å². The van der Waals surface area contributed by atoms with Crippen LogP contribution in [0.4, 0.5) is 26.3 Å². The quantitative estimate of drug-likeness (QED) is 0.647. The Balaban J connectivity index is 2.45. The van der Waals surface area contributed by atoms with E-state index in [1.54, 1.807) is 24.3 Å². The summed E-state index contributed by atoms with van der Waals surface area (Å²) >= 11 is 0. The van der Waals surface area contributed by atoms with Crippen LogP contribution in [-0.4, -0.2) is 12.4 Å². The fourth-order valence-electron chi connectivity index (χ4n) is 2.08. The molecule has 2 aromatic carbocycles. The third kappa shape index (κ3) is 3.43. The van der Waals surface area contributed by atoms with Crippen molar-refractivity contribution < 1.29 is 26.3 Å². The van der Waals surface area contributed by atoms with Gasteiger partial charge in [0.05, 0.1) is 12.3 Å². The second kappa shape index (κ2) is 5.00. The van der Waals surface area contributed by atoms with Crippen LogP contribution in [0.25, 0.3) is 10.8 Å². The summed E-state index contributed by atoms with van der Waals surface area (Å²) in [6.45, 7) is 0. The number of rotatable bonds is 2. The summed E-state index contributed by atoms with van der Waals surface area (Å²) in [6, 6.07) is 10.3. The van der Waals surface area contributed by atoms with E-state index < -0.39 is 24.7 Å². The lowest BCUT2D eigenvalue weighted by atomic mass is 9.93. The highest BCUT2D eigenvalue weighted by Crippen LogP contribution is 2.42. The molecular formula is C14H10F6. The molecule has 1 atom stereocenters. The van der Waals surface area contributed by atoms with Gasteiger partial charge in [0.15, 0.2) is 0 Å². The number of halogens is 6. The molecule has 20 heavy (non-hydrogen) atoms. The highest BCUT2D eigenvalue weighted by molar-refractivity contribution is 5.83. The molecule has 2 rings (SSSR count). The van der Waals surface area contributed by atoms with E-state index in [0.717, 1.165) is 6.07 Å². The smallest absolute Gasteiger partial charge is 0.171 e. The molecule has 0 aliphatic heterocycles. The van der Waals surface area contributed by atoms with E-state index in [4.69, 9.17) is 0 Å². The monoisotopic (exact) mass is 292 g/mol. The van der Waals surface area contributed by atoms with Crippen LogP contribution in [0, 0.1) is 0 Å². The molecule has 0 aliphatic carbocycles. The molecule has 0 saturated carbocycles. The first-order chi connectivity index (χ1) is 9.17. The minimum Gasteiger partial charge on any atom is -0.171 e. The summed E-state index contributed by atoms with van der Waals surface area (Å²) in [5.41, 5.74) is -0.367. The van der Waals surface area contributed by atoms with E-state index in [1.807, 2.05) is 0 Å². The minimum atomic E-state index is -4.93. The Morgan fingerprint density at radius 2 is 1.40 bits per heavy atom. The predicted molar refractivity (Wildman–Crippen MR) is 63.4 cm³/mol. The van der Waals surface area contributed by atoms with Crippen molar-refractivity contribution in [3.05, 3.63) is 48.0 Å². The molecule has 0 saturated heterocycles. The van der Waals surface area contributed by atoms with Gasteiger partial charge in [-0.15, -0.1) is 0 Å². The van der Waals surface area contributed by atoms with Crippen LogP contribution in [0.5, 0.6) is 0 Å². The molecular weight excluding hydrogens is 282 g/mol. The Hall–Kier alpha value is -1.72. The van der Waals surface area contributed by atoms with Crippen molar-refractivity contribution in [2.24, 2.45) is 0 Å². The van der Waals surface area contributed by atoms with Crippen molar-refractivity contribution in [2.75, 3.05) is 0 Å². The van der Waals surface area contributed by atoms with Crippen molar-refractivity contribution in [3.8, 4) is 0 Å². The highest BCUT2D eigenvalue weighted by atomic mass is 19.4. The number of hydrogen-bond acceptors (Lipinski definition) is 0. The van der Waals surface area contributed by atoms with E-state index in [0.29, 0.717) is 10.8 Å². The number of alkyl halides is 6. The van der Waals surface area contributed by atoms with Crippen molar-refractivity contribution in [3.63, 3.8) is 0 Å². The lowest BCUT2D eigenvalue weighted by molar-refractivity contribution is -0.197. The highest BCUT2D eigenvalue weighted by Gasteiger charge is 2.47. The van der Waals surface area contributed by atoms with Crippen molar-refractivity contribution in [1.82, 2.24) is 0 Å². The summed E-state index contributed by atoms with van der Waals surface area (Å²) in [5.74, 6) is -2.54. The maximum Gasteiger partial charge on any atom is 0.396 e. The third-order valence-electron chi connectivity index (χ3n) is 3.01. The summed E-state index contributed by atoms with van der Waals surface area (Å²) in [5, 5.41) is 1.17. The Kier molecular flexibility index (Phi) is 3.67. The number of hydrogen-bond donors (Lipinski definition) is 0. The summed E-state index contributed by atoms with van der Waals surface area (Å²) < 4.78 is 75.5. The summed E-state index contributed by atoms with van der Waals surface area (Å²) in [7, 11) is 0. The fourth-order valence-corrected chi connectivity index (χ4v) is 2.08. The zero-order valence-corrected chi connectivity index (χ0v) is 10.1. The van der Waals surface area contributed by atoms with Crippen LogP contribution in [0.15, 0.2) is 42.5 Å². The van der Waals surface area contributed by atoms with Crippen molar-refractivity contribution in [2.45, 2.75) is 24.7 Å². The molecule has 0 aromatic heterocycles. The Bertz CT molecular complexity index is 596.